The van der Waals surface area contributed by atoms with Crippen LogP contribution < -0.4 is 4.74 Å². The van der Waals surface area contributed by atoms with E-state index in [1.807, 2.05) is 42.1 Å². The molecule has 1 saturated heterocycles. The minimum atomic E-state index is 0.165. The maximum Gasteiger partial charge on any atom is 0.236 e. The molecule has 1 aromatic carbocycles. The number of amides is 2. The number of benzene rings is 1. The average molecular weight is 371 g/mol. The maximum atomic E-state index is 12.9. The van der Waals surface area contributed by atoms with Crippen LogP contribution in [0.2, 0.25) is 0 Å². The van der Waals surface area contributed by atoms with E-state index in [1.165, 1.54) is 0 Å². The van der Waals surface area contributed by atoms with Crippen molar-refractivity contribution in [1.82, 2.24) is 14.7 Å². The molecule has 0 bridgehead atoms. The summed E-state index contributed by atoms with van der Waals surface area (Å²) in [6.45, 7) is 3.35. The van der Waals surface area contributed by atoms with Crippen molar-refractivity contribution in [3.05, 3.63) is 29.8 Å². The van der Waals surface area contributed by atoms with Crippen LogP contribution in [0.5, 0.6) is 5.75 Å². The fraction of sp³-hybridized carbons (Fsp3) is 0.619. The molecule has 2 heterocycles. The summed E-state index contributed by atoms with van der Waals surface area (Å²) >= 11 is 0. The Bertz CT molecular complexity index is 722. The Labute approximate surface area is 161 Å². The number of ether oxygens (including phenoxy) is 1. The smallest absolute Gasteiger partial charge is 0.236 e. The van der Waals surface area contributed by atoms with E-state index >= 15 is 0 Å². The van der Waals surface area contributed by atoms with Crippen molar-refractivity contribution in [2.75, 3.05) is 40.3 Å². The zero-order chi connectivity index (χ0) is 19.0. The van der Waals surface area contributed by atoms with Crippen LogP contribution >= 0.6 is 0 Å². The van der Waals surface area contributed by atoms with Crippen molar-refractivity contribution in [2.45, 2.75) is 31.8 Å². The number of hydrogen-bond acceptors (Lipinski definition) is 4. The Hall–Kier alpha value is -2.08. The highest BCUT2D eigenvalue weighted by molar-refractivity contribution is 5.79. The summed E-state index contributed by atoms with van der Waals surface area (Å²) in [5, 5.41) is 0. The highest BCUT2D eigenvalue weighted by Crippen LogP contribution is 2.40. The van der Waals surface area contributed by atoms with E-state index in [2.05, 4.69) is 11.0 Å². The number of carbonyl (C=O) groups is 2. The number of carbonyl (C=O) groups excluding carboxylic acids is 2. The van der Waals surface area contributed by atoms with E-state index in [-0.39, 0.29) is 17.9 Å². The van der Waals surface area contributed by atoms with Gasteiger partial charge in [-0.2, -0.15) is 0 Å². The van der Waals surface area contributed by atoms with E-state index in [0.717, 1.165) is 43.8 Å². The molecule has 6 nitrogen and oxygen atoms in total. The molecule has 0 radical (unpaired) electrons. The van der Waals surface area contributed by atoms with Crippen LogP contribution in [0, 0.1) is 11.8 Å². The van der Waals surface area contributed by atoms with Crippen molar-refractivity contribution in [3.8, 4) is 5.75 Å². The van der Waals surface area contributed by atoms with Crippen LogP contribution in [0.15, 0.2) is 24.3 Å². The summed E-state index contributed by atoms with van der Waals surface area (Å²) in [5.41, 5.74) is 1.14. The monoisotopic (exact) mass is 371 g/mol. The first-order valence-electron chi connectivity index (χ1n) is 9.94. The van der Waals surface area contributed by atoms with Crippen LogP contribution in [-0.4, -0.2) is 72.9 Å². The topological polar surface area (TPSA) is 53.1 Å². The van der Waals surface area contributed by atoms with Gasteiger partial charge in [0, 0.05) is 51.8 Å². The summed E-state index contributed by atoms with van der Waals surface area (Å²) in [7, 11) is 3.82. The molecule has 0 aromatic heterocycles. The predicted octanol–water partition coefficient (Wildman–Crippen LogP) is 1.60. The van der Waals surface area contributed by atoms with Crippen molar-refractivity contribution < 1.29 is 14.3 Å². The molecule has 0 N–H and O–H groups in total. The Morgan fingerprint density at radius 3 is 2.89 bits per heavy atom. The Kier molecular flexibility index (Phi) is 5.08. The quantitative estimate of drug-likeness (QED) is 0.810. The third kappa shape index (κ3) is 3.81. The molecule has 2 fully saturated rings. The van der Waals surface area contributed by atoms with Crippen LogP contribution in [0.1, 0.15) is 24.8 Å². The minimum Gasteiger partial charge on any atom is -0.492 e. The minimum absolute atomic E-state index is 0.165. The van der Waals surface area contributed by atoms with Crippen LogP contribution in [0.4, 0.5) is 0 Å². The van der Waals surface area contributed by atoms with Gasteiger partial charge in [-0.3, -0.25) is 14.5 Å². The van der Waals surface area contributed by atoms with Gasteiger partial charge in [-0.1, -0.05) is 18.2 Å². The zero-order valence-electron chi connectivity index (χ0n) is 16.3. The van der Waals surface area contributed by atoms with Gasteiger partial charge < -0.3 is 14.5 Å². The second-order valence-corrected chi connectivity index (χ2v) is 8.30. The number of para-hydroxylation sites is 1. The number of fused-ring (bicyclic) bond motifs is 2. The van der Waals surface area contributed by atoms with Gasteiger partial charge in [0.2, 0.25) is 11.8 Å². The lowest BCUT2D eigenvalue weighted by atomic mass is 9.88. The first-order chi connectivity index (χ1) is 13.0. The number of piperidine rings is 1. The lowest BCUT2D eigenvalue weighted by Gasteiger charge is -2.31. The van der Waals surface area contributed by atoms with Crippen LogP contribution in [0.3, 0.4) is 0 Å². The summed E-state index contributed by atoms with van der Waals surface area (Å²) in [6, 6.07) is 8.30. The van der Waals surface area contributed by atoms with E-state index in [9.17, 15) is 9.59 Å². The summed E-state index contributed by atoms with van der Waals surface area (Å²) < 4.78 is 5.80. The predicted molar refractivity (Wildman–Crippen MR) is 102 cm³/mol. The molecular formula is C21H29N3O3. The lowest BCUT2D eigenvalue weighted by Crippen LogP contribution is -2.43. The SMILES string of the molecule is CN1C[C@H]2C[C@@H](N(C)C(=O)CN3CCOc4ccccc4C3)C[C@H]2CC1=O. The van der Waals surface area contributed by atoms with Gasteiger partial charge in [-0.15, -0.1) is 0 Å². The highest BCUT2D eigenvalue weighted by Gasteiger charge is 2.42. The van der Waals surface area contributed by atoms with E-state index < -0.39 is 0 Å². The Morgan fingerprint density at radius 2 is 2.04 bits per heavy atom. The number of likely N-dealkylation sites (N-methyl/N-ethyl adjacent to an activating group) is 1. The molecular weight excluding hydrogens is 342 g/mol. The van der Waals surface area contributed by atoms with E-state index in [4.69, 9.17) is 4.74 Å². The van der Waals surface area contributed by atoms with Crippen LogP contribution in [-0.2, 0) is 16.1 Å². The Morgan fingerprint density at radius 1 is 1.26 bits per heavy atom. The average Bonchev–Trinajstić information content (AvgIpc) is 2.93. The van der Waals surface area contributed by atoms with Gasteiger partial charge >= 0.3 is 0 Å². The molecule has 1 saturated carbocycles. The molecule has 1 aliphatic carbocycles. The molecule has 2 aliphatic heterocycles. The lowest BCUT2D eigenvalue weighted by molar-refractivity contribution is -0.135. The van der Waals surface area contributed by atoms with E-state index in [0.29, 0.717) is 31.4 Å². The summed E-state index contributed by atoms with van der Waals surface area (Å²) in [6.07, 6.45) is 2.61. The summed E-state index contributed by atoms with van der Waals surface area (Å²) in [4.78, 5) is 30.8. The summed E-state index contributed by atoms with van der Waals surface area (Å²) in [5.74, 6) is 2.31. The Balaban J connectivity index is 1.35. The van der Waals surface area contributed by atoms with Gasteiger partial charge in [-0.05, 0) is 30.7 Å². The van der Waals surface area contributed by atoms with Gasteiger partial charge in [0.25, 0.3) is 0 Å². The van der Waals surface area contributed by atoms with E-state index in [1.54, 1.807) is 0 Å². The molecule has 6 heteroatoms. The fourth-order valence-corrected chi connectivity index (χ4v) is 4.82. The molecule has 3 atom stereocenters. The molecule has 4 rings (SSSR count). The third-order valence-corrected chi connectivity index (χ3v) is 6.52. The number of hydrogen-bond donors (Lipinski definition) is 0. The number of likely N-dealkylation sites (tertiary alicyclic amines) is 1. The maximum absolute atomic E-state index is 12.9. The van der Waals surface area contributed by atoms with Crippen LogP contribution in [0.25, 0.3) is 0 Å². The second-order valence-electron chi connectivity index (χ2n) is 8.30. The van der Waals surface area contributed by atoms with Gasteiger partial charge in [0.15, 0.2) is 0 Å². The number of rotatable bonds is 3. The fourth-order valence-electron chi connectivity index (χ4n) is 4.82. The number of nitrogens with zero attached hydrogens (tertiary/aromatic N) is 3. The molecule has 146 valence electrons. The molecule has 3 aliphatic rings. The standard InChI is InChI=1S/C21H29N3O3/c1-22-12-17-10-18(9-16(17)11-20(22)25)23(2)21(26)14-24-7-8-27-19-6-4-3-5-15(19)13-24/h3-6,16-18H,7-14H2,1-2H3/t16-,17+,18-/m0/s1. The molecule has 0 unspecified atom stereocenters. The molecule has 0 spiro atoms. The van der Waals surface area contributed by atoms with Gasteiger partial charge in [0.1, 0.15) is 12.4 Å². The molecule has 1 aromatic rings. The molecule has 27 heavy (non-hydrogen) atoms. The van der Waals surface area contributed by atoms with Gasteiger partial charge in [0.05, 0.1) is 6.54 Å². The first-order valence-corrected chi connectivity index (χ1v) is 9.94. The van der Waals surface area contributed by atoms with Crippen molar-refractivity contribution in [3.63, 3.8) is 0 Å². The zero-order valence-corrected chi connectivity index (χ0v) is 16.3. The van der Waals surface area contributed by atoms with Crippen molar-refractivity contribution in [2.24, 2.45) is 11.8 Å². The highest BCUT2D eigenvalue weighted by atomic mass is 16.5. The van der Waals surface area contributed by atoms with Crippen molar-refractivity contribution >= 4 is 11.8 Å². The van der Waals surface area contributed by atoms with Gasteiger partial charge in [-0.25, -0.2) is 0 Å². The largest absolute Gasteiger partial charge is 0.492 e. The molecule has 2 amide bonds. The normalized spacial score (nSPS) is 28.1. The third-order valence-electron chi connectivity index (χ3n) is 6.52. The second kappa shape index (κ2) is 7.50. The first kappa shape index (κ1) is 18.3. The van der Waals surface area contributed by atoms with Crippen molar-refractivity contribution in [1.29, 1.82) is 0 Å².